The number of benzene rings is 1. The summed E-state index contributed by atoms with van der Waals surface area (Å²) >= 11 is 0. The highest BCUT2D eigenvalue weighted by Gasteiger charge is 2.37. The molecule has 1 aromatic rings. The predicted octanol–water partition coefficient (Wildman–Crippen LogP) is 0.200. The van der Waals surface area contributed by atoms with Crippen molar-refractivity contribution in [2.45, 2.75) is 12.5 Å². The van der Waals surface area contributed by atoms with Crippen molar-refractivity contribution in [3.05, 3.63) is 35.6 Å². The molecule has 0 saturated heterocycles. The van der Waals surface area contributed by atoms with Gasteiger partial charge < -0.3 is 10.1 Å². The van der Waals surface area contributed by atoms with Crippen molar-refractivity contribution in [2.75, 3.05) is 34.3 Å². The zero-order valence-corrected chi connectivity index (χ0v) is 14.4. The molecule has 0 aliphatic carbocycles. The fourth-order valence-electron chi connectivity index (χ4n) is 1.83. The molecule has 23 heavy (non-hydrogen) atoms. The molecular weight excluding hydrogens is 325 g/mol. The van der Waals surface area contributed by atoms with Gasteiger partial charge in [-0.2, -0.15) is 12.7 Å². The zero-order valence-electron chi connectivity index (χ0n) is 13.6. The van der Waals surface area contributed by atoms with Crippen molar-refractivity contribution >= 4 is 16.1 Å². The Kier molecular flexibility index (Phi) is 6.63. The van der Waals surface area contributed by atoms with Gasteiger partial charge in [-0.25, -0.2) is 9.11 Å². The Morgan fingerprint density at radius 1 is 1.30 bits per heavy atom. The van der Waals surface area contributed by atoms with Crippen LogP contribution in [0.15, 0.2) is 24.3 Å². The molecule has 0 aliphatic rings. The van der Waals surface area contributed by atoms with E-state index in [1.807, 2.05) is 0 Å². The molecule has 0 heterocycles. The summed E-state index contributed by atoms with van der Waals surface area (Å²) < 4.78 is 45.5. The standard InChI is InChI=1S/C14H22FN3O4S/c1-14(22-4,11-7-5-6-8-12(11)15)13(19)16-9-10-17-23(20,21)18(2)3/h5-8,17H,9-10H2,1-4H3,(H,16,19)/t14-/m1/s1. The summed E-state index contributed by atoms with van der Waals surface area (Å²) in [5.41, 5.74) is -1.40. The molecule has 1 aromatic carbocycles. The lowest BCUT2D eigenvalue weighted by Crippen LogP contribution is -2.47. The fourth-order valence-corrected chi connectivity index (χ4v) is 2.45. The van der Waals surface area contributed by atoms with E-state index >= 15 is 0 Å². The normalized spacial score (nSPS) is 14.5. The highest BCUT2D eigenvalue weighted by Crippen LogP contribution is 2.27. The number of halogens is 1. The Bertz CT molecular complexity index is 651. The Morgan fingerprint density at radius 2 is 1.91 bits per heavy atom. The van der Waals surface area contributed by atoms with Gasteiger partial charge in [-0.1, -0.05) is 18.2 Å². The van der Waals surface area contributed by atoms with Crippen LogP contribution in [-0.2, 0) is 25.3 Å². The number of rotatable bonds is 8. The number of hydrogen-bond donors (Lipinski definition) is 2. The molecule has 2 N–H and O–H groups in total. The minimum Gasteiger partial charge on any atom is -0.364 e. The summed E-state index contributed by atoms with van der Waals surface area (Å²) in [6.07, 6.45) is 0. The van der Waals surface area contributed by atoms with Crippen molar-refractivity contribution in [1.82, 2.24) is 14.3 Å². The first-order valence-corrected chi connectivity index (χ1v) is 8.34. The first-order chi connectivity index (χ1) is 10.6. The second-order valence-corrected chi connectivity index (χ2v) is 7.12. The predicted molar refractivity (Wildman–Crippen MR) is 84.4 cm³/mol. The second kappa shape index (κ2) is 7.82. The molecule has 0 unspecified atom stereocenters. The van der Waals surface area contributed by atoms with Gasteiger partial charge in [0.25, 0.3) is 16.1 Å². The Balaban J connectivity index is 2.70. The van der Waals surface area contributed by atoms with E-state index in [0.717, 1.165) is 4.31 Å². The molecule has 0 aromatic heterocycles. The van der Waals surface area contributed by atoms with Crippen LogP contribution in [0.5, 0.6) is 0 Å². The maximum Gasteiger partial charge on any atom is 0.278 e. The number of hydrogen-bond acceptors (Lipinski definition) is 4. The molecule has 1 amide bonds. The van der Waals surface area contributed by atoms with E-state index < -0.39 is 27.5 Å². The van der Waals surface area contributed by atoms with Gasteiger partial charge in [0.15, 0.2) is 5.60 Å². The van der Waals surface area contributed by atoms with Crippen LogP contribution in [0.1, 0.15) is 12.5 Å². The number of amides is 1. The number of carbonyl (C=O) groups excluding carboxylic acids is 1. The summed E-state index contributed by atoms with van der Waals surface area (Å²) in [7, 11) is 0.531. The van der Waals surface area contributed by atoms with Crippen LogP contribution in [0.3, 0.4) is 0 Å². The molecule has 0 bridgehead atoms. The van der Waals surface area contributed by atoms with Gasteiger partial charge in [-0.3, -0.25) is 4.79 Å². The number of methoxy groups -OCH3 is 1. The van der Waals surface area contributed by atoms with E-state index in [-0.39, 0.29) is 18.7 Å². The highest BCUT2D eigenvalue weighted by atomic mass is 32.2. The SMILES string of the molecule is CO[C@@](C)(C(=O)NCCNS(=O)(=O)N(C)C)c1ccccc1F. The third-order valence-corrected chi connectivity index (χ3v) is 4.94. The molecule has 7 nitrogen and oxygen atoms in total. The molecule has 9 heteroatoms. The quantitative estimate of drug-likeness (QED) is 0.658. The third-order valence-electron chi connectivity index (χ3n) is 3.41. The zero-order chi connectivity index (χ0) is 17.7. The van der Waals surface area contributed by atoms with E-state index in [2.05, 4.69) is 10.0 Å². The first kappa shape index (κ1) is 19.5. The molecule has 130 valence electrons. The van der Waals surface area contributed by atoms with Crippen LogP contribution in [0.2, 0.25) is 0 Å². The maximum atomic E-state index is 13.9. The molecule has 1 rings (SSSR count). The molecular formula is C14H22FN3O4S. The summed E-state index contributed by atoms with van der Waals surface area (Å²) in [5.74, 6) is -1.12. The van der Waals surface area contributed by atoms with Gasteiger partial charge in [-0.15, -0.1) is 0 Å². The first-order valence-electron chi connectivity index (χ1n) is 6.90. The van der Waals surface area contributed by atoms with E-state index in [1.165, 1.54) is 46.3 Å². The summed E-state index contributed by atoms with van der Waals surface area (Å²) in [4.78, 5) is 12.3. The highest BCUT2D eigenvalue weighted by molar-refractivity contribution is 7.87. The Hall–Kier alpha value is -1.55. The van der Waals surface area contributed by atoms with Gasteiger partial charge in [0.1, 0.15) is 5.82 Å². The average molecular weight is 347 g/mol. The van der Waals surface area contributed by atoms with E-state index in [1.54, 1.807) is 6.07 Å². The van der Waals surface area contributed by atoms with Crippen molar-refractivity contribution in [3.63, 3.8) is 0 Å². The van der Waals surface area contributed by atoms with Crippen molar-refractivity contribution in [1.29, 1.82) is 0 Å². The number of nitrogens with one attached hydrogen (secondary N) is 2. The van der Waals surface area contributed by atoms with E-state index in [4.69, 9.17) is 4.74 Å². The summed E-state index contributed by atoms with van der Waals surface area (Å²) in [6, 6.07) is 5.83. The molecule has 0 spiro atoms. The van der Waals surface area contributed by atoms with Crippen molar-refractivity contribution in [3.8, 4) is 0 Å². The lowest BCUT2D eigenvalue weighted by molar-refractivity contribution is -0.142. The van der Waals surface area contributed by atoms with Crippen LogP contribution in [-0.4, -0.2) is 52.9 Å². The topological polar surface area (TPSA) is 87.7 Å². The molecule has 0 aliphatic heterocycles. The molecule has 0 saturated carbocycles. The van der Waals surface area contributed by atoms with Crippen LogP contribution in [0.25, 0.3) is 0 Å². The lowest BCUT2D eigenvalue weighted by Gasteiger charge is -2.27. The van der Waals surface area contributed by atoms with Gasteiger partial charge in [0.2, 0.25) is 0 Å². The average Bonchev–Trinajstić information content (AvgIpc) is 2.50. The van der Waals surface area contributed by atoms with Crippen molar-refractivity contribution < 1.29 is 22.3 Å². The lowest BCUT2D eigenvalue weighted by atomic mass is 9.94. The van der Waals surface area contributed by atoms with Crippen LogP contribution in [0, 0.1) is 5.82 Å². The Labute approximate surface area is 136 Å². The van der Waals surface area contributed by atoms with Gasteiger partial charge in [0, 0.05) is 39.9 Å². The van der Waals surface area contributed by atoms with Gasteiger partial charge >= 0.3 is 0 Å². The van der Waals surface area contributed by atoms with Crippen LogP contribution in [0.4, 0.5) is 4.39 Å². The number of nitrogens with zero attached hydrogens (tertiary/aromatic N) is 1. The molecule has 0 fully saturated rings. The van der Waals surface area contributed by atoms with Gasteiger partial charge in [0.05, 0.1) is 0 Å². The number of ether oxygens (including phenoxy) is 1. The largest absolute Gasteiger partial charge is 0.364 e. The Morgan fingerprint density at radius 3 is 2.43 bits per heavy atom. The van der Waals surface area contributed by atoms with Crippen LogP contribution >= 0.6 is 0 Å². The van der Waals surface area contributed by atoms with Crippen LogP contribution < -0.4 is 10.0 Å². The monoisotopic (exact) mass is 347 g/mol. The minimum absolute atomic E-state index is 0.00329. The van der Waals surface area contributed by atoms with E-state index in [0.29, 0.717) is 0 Å². The third kappa shape index (κ3) is 4.71. The fraction of sp³-hybridized carbons (Fsp3) is 0.500. The summed E-state index contributed by atoms with van der Waals surface area (Å²) in [6.45, 7) is 1.49. The summed E-state index contributed by atoms with van der Waals surface area (Å²) in [5, 5.41) is 2.54. The molecule has 0 radical (unpaired) electrons. The molecule has 1 atom stereocenters. The second-order valence-electron chi connectivity index (χ2n) is 5.15. The van der Waals surface area contributed by atoms with Crippen molar-refractivity contribution in [2.24, 2.45) is 0 Å². The minimum atomic E-state index is -3.56. The van der Waals surface area contributed by atoms with E-state index in [9.17, 15) is 17.6 Å². The maximum absolute atomic E-state index is 13.9. The van der Waals surface area contributed by atoms with Gasteiger partial charge in [-0.05, 0) is 13.0 Å². The smallest absolute Gasteiger partial charge is 0.278 e. The number of carbonyl (C=O) groups is 1.